The van der Waals surface area contributed by atoms with E-state index >= 15 is 0 Å². The van der Waals surface area contributed by atoms with Crippen molar-refractivity contribution in [3.63, 3.8) is 0 Å². The molecule has 0 fully saturated rings. The lowest BCUT2D eigenvalue weighted by Crippen LogP contribution is -2.09. The van der Waals surface area contributed by atoms with Crippen LogP contribution in [0.1, 0.15) is 5.69 Å². The second-order valence-corrected chi connectivity index (χ2v) is 6.39. The summed E-state index contributed by atoms with van der Waals surface area (Å²) < 4.78 is 0. The van der Waals surface area contributed by atoms with Crippen molar-refractivity contribution in [1.29, 1.82) is 0 Å². The van der Waals surface area contributed by atoms with Gasteiger partial charge in [0.15, 0.2) is 0 Å². The lowest BCUT2D eigenvalue weighted by molar-refractivity contribution is 1.29. The first kappa shape index (κ1) is 13.6. The van der Waals surface area contributed by atoms with Crippen molar-refractivity contribution in [2.75, 3.05) is 0 Å². The van der Waals surface area contributed by atoms with Gasteiger partial charge in [-0.1, -0.05) is 72.4 Å². The topological polar surface area (TPSA) is 12.9 Å². The number of nitrogens with zero attached hydrogens (tertiary/aromatic N) is 1. The molecule has 0 N–H and O–H groups in total. The van der Waals surface area contributed by atoms with Crippen molar-refractivity contribution >= 4 is 18.5 Å². The number of pyridine rings is 1. The summed E-state index contributed by atoms with van der Waals surface area (Å²) >= 11 is 0. The highest BCUT2D eigenvalue weighted by Gasteiger charge is 2.10. The molecule has 0 amide bonds. The van der Waals surface area contributed by atoms with E-state index in [9.17, 15) is 0 Å². The molecule has 1 heterocycles. The van der Waals surface area contributed by atoms with Crippen molar-refractivity contribution in [2.24, 2.45) is 0 Å². The maximum atomic E-state index is 4.27. The highest BCUT2D eigenvalue weighted by atomic mass is 31.1. The maximum absolute atomic E-state index is 4.27. The quantitative estimate of drug-likeness (QED) is 0.519. The molecule has 0 aliphatic rings. The van der Waals surface area contributed by atoms with E-state index in [-0.39, 0.29) is 0 Å². The number of hydrogen-bond donors (Lipinski definition) is 0. The molecule has 2 heteroatoms. The van der Waals surface area contributed by atoms with Crippen LogP contribution >= 0.6 is 7.92 Å². The molecule has 0 radical (unpaired) electrons. The minimum absolute atomic E-state index is 0.676. The Balaban J connectivity index is 2.00. The molecular formula is C19H14NP. The van der Waals surface area contributed by atoms with Crippen molar-refractivity contribution in [3.8, 4) is 11.6 Å². The zero-order chi connectivity index (χ0) is 14.3. The number of aromatic nitrogens is 1. The fraction of sp³-hybridized carbons (Fsp3) is 0. The molecule has 0 saturated heterocycles. The normalized spacial score (nSPS) is 9.95. The van der Waals surface area contributed by atoms with Crippen LogP contribution in [0.2, 0.25) is 0 Å². The summed E-state index contributed by atoms with van der Waals surface area (Å²) in [6.07, 6.45) is 1.78. The third-order valence-electron chi connectivity index (χ3n) is 2.99. The molecule has 3 rings (SSSR count). The first-order valence-corrected chi connectivity index (χ1v) is 8.10. The zero-order valence-electron chi connectivity index (χ0n) is 11.5. The SMILES string of the molecule is C(#CP(c1ccccc1)c1ccccc1)c1ccccn1. The van der Waals surface area contributed by atoms with E-state index in [2.05, 4.69) is 65.1 Å². The standard InChI is InChI=1S/C19H14NP/c1-3-10-18(11-4-1)21(19-12-5-2-6-13-19)16-14-17-9-7-8-15-20-17/h1-13,15H. The molecule has 2 aromatic carbocycles. The molecule has 1 aromatic heterocycles. The van der Waals surface area contributed by atoms with Gasteiger partial charge in [-0.3, -0.25) is 0 Å². The summed E-state index contributed by atoms with van der Waals surface area (Å²) in [5.41, 5.74) is 4.24. The molecule has 0 spiro atoms. The summed E-state index contributed by atoms with van der Waals surface area (Å²) in [6, 6.07) is 26.7. The summed E-state index contributed by atoms with van der Waals surface area (Å²) in [7, 11) is -0.676. The fourth-order valence-corrected chi connectivity index (χ4v) is 3.71. The molecule has 0 bridgehead atoms. The summed E-state index contributed by atoms with van der Waals surface area (Å²) in [5, 5.41) is 2.53. The van der Waals surface area contributed by atoms with Gasteiger partial charge in [0.2, 0.25) is 0 Å². The Bertz CT molecular complexity index is 704. The smallest absolute Gasteiger partial charge is 0.113 e. The van der Waals surface area contributed by atoms with Gasteiger partial charge in [-0.2, -0.15) is 0 Å². The average Bonchev–Trinajstić information content (AvgIpc) is 2.58. The van der Waals surface area contributed by atoms with Gasteiger partial charge in [0.05, 0.1) is 0 Å². The van der Waals surface area contributed by atoms with Crippen LogP contribution in [0.5, 0.6) is 0 Å². The highest BCUT2D eigenvalue weighted by Crippen LogP contribution is 2.31. The van der Waals surface area contributed by atoms with Gasteiger partial charge in [-0.15, -0.1) is 0 Å². The van der Waals surface area contributed by atoms with E-state index in [4.69, 9.17) is 0 Å². The van der Waals surface area contributed by atoms with Gasteiger partial charge in [-0.05, 0) is 28.7 Å². The Morgan fingerprint density at radius 1 is 0.667 bits per heavy atom. The second-order valence-electron chi connectivity index (χ2n) is 4.46. The van der Waals surface area contributed by atoms with Crippen LogP contribution in [0.15, 0.2) is 85.1 Å². The molecular weight excluding hydrogens is 273 g/mol. The molecule has 0 atom stereocenters. The van der Waals surface area contributed by atoms with Crippen LogP contribution < -0.4 is 10.6 Å². The Hall–Kier alpha value is -2.42. The van der Waals surface area contributed by atoms with Gasteiger partial charge in [-0.25, -0.2) is 4.98 Å². The first-order valence-electron chi connectivity index (χ1n) is 6.76. The number of rotatable bonds is 2. The van der Waals surface area contributed by atoms with E-state index in [0.29, 0.717) is 0 Å². The molecule has 0 saturated carbocycles. The van der Waals surface area contributed by atoms with Crippen LogP contribution in [0.25, 0.3) is 0 Å². The Morgan fingerprint density at radius 3 is 1.76 bits per heavy atom. The minimum Gasteiger partial charge on any atom is -0.248 e. The van der Waals surface area contributed by atoms with Crippen LogP contribution in [0, 0.1) is 11.6 Å². The van der Waals surface area contributed by atoms with E-state index in [0.717, 1.165) is 5.69 Å². The molecule has 21 heavy (non-hydrogen) atoms. The van der Waals surface area contributed by atoms with E-state index in [1.54, 1.807) is 6.20 Å². The van der Waals surface area contributed by atoms with Gasteiger partial charge in [0.1, 0.15) is 5.69 Å². The predicted molar refractivity (Wildman–Crippen MR) is 90.2 cm³/mol. The monoisotopic (exact) mass is 287 g/mol. The van der Waals surface area contributed by atoms with Crippen LogP contribution in [0.4, 0.5) is 0 Å². The van der Waals surface area contributed by atoms with Crippen molar-refractivity contribution < 1.29 is 0 Å². The third-order valence-corrected chi connectivity index (χ3v) is 4.95. The third kappa shape index (κ3) is 3.57. The van der Waals surface area contributed by atoms with Gasteiger partial charge in [0.25, 0.3) is 0 Å². The van der Waals surface area contributed by atoms with Crippen molar-refractivity contribution in [1.82, 2.24) is 4.98 Å². The Kier molecular flexibility index (Phi) is 4.42. The van der Waals surface area contributed by atoms with Crippen molar-refractivity contribution in [3.05, 3.63) is 90.8 Å². The maximum Gasteiger partial charge on any atom is 0.113 e. The molecule has 100 valence electrons. The van der Waals surface area contributed by atoms with E-state index in [1.807, 2.05) is 30.3 Å². The summed E-state index contributed by atoms with van der Waals surface area (Å²) in [6.45, 7) is 0. The highest BCUT2D eigenvalue weighted by molar-refractivity contribution is 7.77. The lowest BCUT2D eigenvalue weighted by atomic mass is 10.4. The zero-order valence-corrected chi connectivity index (χ0v) is 12.4. The number of hydrogen-bond acceptors (Lipinski definition) is 1. The molecule has 0 unspecified atom stereocenters. The molecule has 3 aromatic rings. The average molecular weight is 287 g/mol. The largest absolute Gasteiger partial charge is 0.248 e. The van der Waals surface area contributed by atoms with Gasteiger partial charge >= 0.3 is 0 Å². The lowest BCUT2D eigenvalue weighted by Gasteiger charge is -2.11. The Labute approximate surface area is 126 Å². The molecule has 0 aliphatic heterocycles. The number of benzene rings is 2. The predicted octanol–water partition coefficient (Wildman–Crippen LogP) is 3.52. The first-order chi connectivity index (χ1) is 10.4. The molecule has 1 nitrogen and oxygen atoms in total. The second kappa shape index (κ2) is 6.84. The van der Waals surface area contributed by atoms with Crippen LogP contribution in [-0.4, -0.2) is 4.98 Å². The minimum atomic E-state index is -0.676. The Morgan fingerprint density at radius 2 is 1.24 bits per heavy atom. The summed E-state index contributed by atoms with van der Waals surface area (Å²) in [4.78, 5) is 4.27. The van der Waals surface area contributed by atoms with Gasteiger partial charge in [0, 0.05) is 14.1 Å². The van der Waals surface area contributed by atoms with Crippen molar-refractivity contribution in [2.45, 2.75) is 0 Å². The van der Waals surface area contributed by atoms with Gasteiger partial charge < -0.3 is 0 Å². The fourth-order valence-electron chi connectivity index (χ4n) is 1.98. The summed E-state index contributed by atoms with van der Waals surface area (Å²) in [5.74, 6) is 3.21. The van der Waals surface area contributed by atoms with E-state index < -0.39 is 7.92 Å². The van der Waals surface area contributed by atoms with Crippen LogP contribution in [-0.2, 0) is 0 Å². The molecule has 0 aliphatic carbocycles. The van der Waals surface area contributed by atoms with E-state index in [1.165, 1.54) is 10.6 Å². The van der Waals surface area contributed by atoms with Crippen LogP contribution in [0.3, 0.4) is 0 Å².